The molecule has 0 saturated carbocycles. The summed E-state index contributed by atoms with van der Waals surface area (Å²) in [5.74, 6) is 1.04. The normalized spacial score (nSPS) is 11.1. The summed E-state index contributed by atoms with van der Waals surface area (Å²) in [7, 11) is 0. The molecule has 0 spiro atoms. The van der Waals surface area contributed by atoms with Gasteiger partial charge < -0.3 is 15.2 Å². The van der Waals surface area contributed by atoms with E-state index in [0.717, 1.165) is 24.7 Å². The van der Waals surface area contributed by atoms with Crippen LogP contribution in [0.15, 0.2) is 6.20 Å². The van der Waals surface area contributed by atoms with Crippen molar-refractivity contribution in [2.75, 3.05) is 24.5 Å². The van der Waals surface area contributed by atoms with Crippen LogP contribution >= 0.6 is 0 Å². The van der Waals surface area contributed by atoms with Crippen LogP contribution in [0.4, 0.5) is 5.95 Å². The molecule has 1 aromatic heterocycles. The van der Waals surface area contributed by atoms with Gasteiger partial charge in [0.15, 0.2) is 0 Å². The predicted octanol–water partition coefficient (Wildman–Crippen LogP) is 1.56. The molecule has 86 valence electrons. The number of nitrogens with zero attached hydrogens (tertiary/aromatic N) is 3. The molecule has 0 amide bonds. The van der Waals surface area contributed by atoms with Gasteiger partial charge in [-0.05, 0) is 27.7 Å². The van der Waals surface area contributed by atoms with E-state index in [-0.39, 0.29) is 0 Å². The number of hydrogen-bond acceptors (Lipinski definition) is 3. The molecule has 0 aliphatic heterocycles. The third kappa shape index (κ3) is 2.72. The second-order valence-corrected chi connectivity index (χ2v) is 4.05. The van der Waals surface area contributed by atoms with Gasteiger partial charge in [-0.2, -0.15) is 0 Å². The van der Waals surface area contributed by atoms with Crippen LogP contribution < -0.4 is 10.6 Å². The maximum absolute atomic E-state index is 5.60. The Labute approximate surface area is 92.1 Å². The lowest BCUT2D eigenvalue weighted by molar-refractivity contribution is 0.586. The van der Waals surface area contributed by atoms with Gasteiger partial charge in [-0.3, -0.25) is 0 Å². The predicted molar refractivity (Wildman–Crippen MR) is 64.3 cm³/mol. The van der Waals surface area contributed by atoms with Gasteiger partial charge in [-0.15, -0.1) is 0 Å². The van der Waals surface area contributed by atoms with Crippen molar-refractivity contribution >= 4 is 5.95 Å². The fraction of sp³-hybridized carbons (Fsp3) is 0.727. The lowest BCUT2D eigenvalue weighted by atomic mass is 10.4. The van der Waals surface area contributed by atoms with Gasteiger partial charge in [0.1, 0.15) is 0 Å². The van der Waals surface area contributed by atoms with Gasteiger partial charge in [0.25, 0.3) is 0 Å². The third-order valence-electron chi connectivity index (χ3n) is 2.45. The van der Waals surface area contributed by atoms with Crippen molar-refractivity contribution in [1.82, 2.24) is 9.55 Å². The fourth-order valence-corrected chi connectivity index (χ4v) is 1.67. The molecule has 0 aromatic carbocycles. The van der Waals surface area contributed by atoms with Crippen LogP contribution in [0.25, 0.3) is 0 Å². The molecule has 0 unspecified atom stereocenters. The SMILES string of the molecule is CCN(CCN)c1nc(C)cn1C(C)C. The number of hydrogen-bond donors (Lipinski definition) is 1. The Kier molecular flexibility index (Phi) is 4.15. The molecular weight excluding hydrogens is 188 g/mol. The summed E-state index contributed by atoms with van der Waals surface area (Å²) in [4.78, 5) is 6.77. The molecule has 4 nitrogen and oxygen atoms in total. The number of aryl methyl sites for hydroxylation is 1. The molecule has 0 atom stereocenters. The van der Waals surface area contributed by atoms with Crippen molar-refractivity contribution in [3.05, 3.63) is 11.9 Å². The Morgan fingerprint density at radius 3 is 2.67 bits per heavy atom. The Bertz CT molecular complexity index is 304. The highest BCUT2D eigenvalue weighted by atomic mass is 15.3. The molecule has 0 aliphatic carbocycles. The first-order valence-electron chi connectivity index (χ1n) is 5.60. The number of anilines is 1. The maximum Gasteiger partial charge on any atom is 0.205 e. The van der Waals surface area contributed by atoms with Crippen LogP contribution in [0.3, 0.4) is 0 Å². The van der Waals surface area contributed by atoms with E-state index < -0.39 is 0 Å². The molecule has 4 heteroatoms. The number of imidazole rings is 1. The number of aromatic nitrogens is 2. The van der Waals surface area contributed by atoms with E-state index in [4.69, 9.17) is 5.73 Å². The summed E-state index contributed by atoms with van der Waals surface area (Å²) in [6, 6.07) is 0.438. The first-order chi connectivity index (χ1) is 7.10. The molecule has 1 heterocycles. The van der Waals surface area contributed by atoms with Crippen LogP contribution in [0.2, 0.25) is 0 Å². The number of rotatable bonds is 5. The quantitative estimate of drug-likeness (QED) is 0.802. The average Bonchev–Trinajstić information content (AvgIpc) is 2.56. The molecule has 0 fully saturated rings. The molecule has 1 rings (SSSR count). The topological polar surface area (TPSA) is 47.1 Å². The van der Waals surface area contributed by atoms with Crippen LogP contribution in [-0.4, -0.2) is 29.2 Å². The van der Waals surface area contributed by atoms with Crippen molar-refractivity contribution in [3.8, 4) is 0 Å². The first kappa shape index (κ1) is 12.0. The number of likely N-dealkylation sites (N-methyl/N-ethyl adjacent to an activating group) is 1. The molecule has 2 N–H and O–H groups in total. The van der Waals surface area contributed by atoms with E-state index in [1.165, 1.54) is 0 Å². The monoisotopic (exact) mass is 210 g/mol. The van der Waals surface area contributed by atoms with Gasteiger partial charge in [-0.1, -0.05) is 0 Å². The van der Waals surface area contributed by atoms with E-state index in [2.05, 4.69) is 41.4 Å². The van der Waals surface area contributed by atoms with E-state index in [1.807, 2.05) is 6.92 Å². The average molecular weight is 210 g/mol. The lowest BCUT2D eigenvalue weighted by Gasteiger charge is -2.23. The fourth-order valence-electron chi connectivity index (χ4n) is 1.67. The van der Waals surface area contributed by atoms with Crippen LogP contribution in [-0.2, 0) is 0 Å². The van der Waals surface area contributed by atoms with Gasteiger partial charge in [0.05, 0.1) is 5.69 Å². The molecule has 0 saturated heterocycles. The highest BCUT2D eigenvalue weighted by Gasteiger charge is 2.13. The van der Waals surface area contributed by atoms with Crippen molar-refractivity contribution in [2.24, 2.45) is 5.73 Å². The van der Waals surface area contributed by atoms with Crippen LogP contribution in [0, 0.1) is 6.92 Å². The summed E-state index contributed by atoms with van der Waals surface area (Å²) in [6.45, 7) is 11.0. The molecule has 15 heavy (non-hydrogen) atoms. The first-order valence-corrected chi connectivity index (χ1v) is 5.60. The molecule has 0 bridgehead atoms. The van der Waals surface area contributed by atoms with Gasteiger partial charge in [0, 0.05) is 31.9 Å². The van der Waals surface area contributed by atoms with Crippen molar-refractivity contribution in [1.29, 1.82) is 0 Å². The summed E-state index contributed by atoms with van der Waals surface area (Å²) >= 11 is 0. The summed E-state index contributed by atoms with van der Waals surface area (Å²) in [5.41, 5.74) is 6.66. The third-order valence-corrected chi connectivity index (χ3v) is 2.45. The standard InChI is InChI=1S/C11H22N4/c1-5-14(7-6-12)11-13-10(4)8-15(11)9(2)3/h8-9H,5-7,12H2,1-4H3. The molecular formula is C11H22N4. The highest BCUT2D eigenvalue weighted by Crippen LogP contribution is 2.18. The largest absolute Gasteiger partial charge is 0.341 e. The minimum atomic E-state index is 0.438. The van der Waals surface area contributed by atoms with Crippen LogP contribution in [0.5, 0.6) is 0 Å². The maximum atomic E-state index is 5.60. The smallest absolute Gasteiger partial charge is 0.205 e. The zero-order chi connectivity index (χ0) is 11.4. The molecule has 0 aliphatic rings. The summed E-state index contributed by atoms with van der Waals surface area (Å²) in [5, 5.41) is 0. The van der Waals surface area contributed by atoms with Crippen molar-refractivity contribution < 1.29 is 0 Å². The van der Waals surface area contributed by atoms with E-state index in [0.29, 0.717) is 12.6 Å². The minimum Gasteiger partial charge on any atom is -0.341 e. The minimum absolute atomic E-state index is 0.438. The van der Waals surface area contributed by atoms with E-state index in [1.54, 1.807) is 0 Å². The van der Waals surface area contributed by atoms with Crippen LogP contribution in [0.1, 0.15) is 32.5 Å². The molecule has 0 radical (unpaired) electrons. The molecule has 1 aromatic rings. The Balaban J connectivity index is 2.99. The Morgan fingerprint density at radius 2 is 2.20 bits per heavy atom. The Morgan fingerprint density at radius 1 is 1.53 bits per heavy atom. The van der Waals surface area contributed by atoms with Gasteiger partial charge in [0.2, 0.25) is 5.95 Å². The van der Waals surface area contributed by atoms with Gasteiger partial charge >= 0.3 is 0 Å². The van der Waals surface area contributed by atoms with E-state index in [9.17, 15) is 0 Å². The second-order valence-electron chi connectivity index (χ2n) is 4.05. The van der Waals surface area contributed by atoms with E-state index >= 15 is 0 Å². The second kappa shape index (κ2) is 5.16. The number of nitrogens with two attached hydrogens (primary N) is 1. The summed E-state index contributed by atoms with van der Waals surface area (Å²) in [6.07, 6.45) is 2.10. The summed E-state index contributed by atoms with van der Waals surface area (Å²) < 4.78 is 2.20. The van der Waals surface area contributed by atoms with Crippen molar-refractivity contribution in [2.45, 2.75) is 33.7 Å². The highest BCUT2D eigenvalue weighted by molar-refractivity contribution is 5.33. The Hall–Kier alpha value is -1.03. The van der Waals surface area contributed by atoms with Gasteiger partial charge in [-0.25, -0.2) is 4.98 Å². The lowest BCUT2D eigenvalue weighted by Crippen LogP contribution is -2.31. The van der Waals surface area contributed by atoms with Crippen molar-refractivity contribution in [3.63, 3.8) is 0 Å². The zero-order valence-corrected chi connectivity index (χ0v) is 10.2. The zero-order valence-electron chi connectivity index (χ0n) is 10.2.